The van der Waals surface area contributed by atoms with Crippen molar-refractivity contribution in [3.8, 4) is 22.4 Å². The van der Waals surface area contributed by atoms with Gasteiger partial charge in [-0.15, -0.1) is 0 Å². The average Bonchev–Trinajstić information content (AvgIpc) is 2.83. The maximum Gasteiger partial charge on any atom is 0.416 e. The van der Waals surface area contributed by atoms with Crippen LogP contribution in [0, 0.1) is 0 Å². The number of hydrogen-bond donors (Lipinski definition) is 2. The third-order valence-electron chi connectivity index (χ3n) is 5.11. The van der Waals surface area contributed by atoms with E-state index in [0.29, 0.717) is 35.7 Å². The largest absolute Gasteiger partial charge is 0.416 e. The maximum atomic E-state index is 13.2. The van der Waals surface area contributed by atoms with Crippen LogP contribution in [0.5, 0.6) is 0 Å². The third kappa shape index (κ3) is 5.72. The van der Waals surface area contributed by atoms with Gasteiger partial charge in [0.15, 0.2) is 0 Å². The molecule has 4 aromatic rings. The van der Waals surface area contributed by atoms with Crippen molar-refractivity contribution in [3.05, 3.63) is 96.4 Å². The molecule has 33 heavy (non-hydrogen) atoms. The van der Waals surface area contributed by atoms with Gasteiger partial charge in [-0.1, -0.05) is 42.5 Å². The Labute approximate surface area is 189 Å². The van der Waals surface area contributed by atoms with Crippen LogP contribution in [0.4, 0.5) is 19.1 Å². The lowest BCUT2D eigenvalue weighted by Crippen LogP contribution is -2.31. The number of hydrogen-bond acceptors (Lipinski definition) is 5. The minimum Gasteiger partial charge on any atom is -0.353 e. The summed E-state index contributed by atoms with van der Waals surface area (Å²) in [4.78, 5) is 13.0. The molecule has 0 saturated carbocycles. The van der Waals surface area contributed by atoms with Crippen LogP contribution in [-0.2, 0) is 12.6 Å². The monoisotopic (exact) mass is 449 g/mol. The van der Waals surface area contributed by atoms with E-state index in [1.807, 2.05) is 30.3 Å². The van der Waals surface area contributed by atoms with Gasteiger partial charge in [0.1, 0.15) is 0 Å². The van der Waals surface area contributed by atoms with E-state index in [4.69, 9.17) is 5.73 Å². The second kappa shape index (κ2) is 9.79. The Kier molecular flexibility index (Phi) is 6.65. The normalized spacial score (nSPS) is 12.4. The Hall–Kier alpha value is -3.78. The van der Waals surface area contributed by atoms with E-state index in [9.17, 15) is 13.2 Å². The average molecular weight is 449 g/mol. The van der Waals surface area contributed by atoms with E-state index in [1.54, 1.807) is 30.6 Å². The zero-order chi connectivity index (χ0) is 23.3. The summed E-state index contributed by atoms with van der Waals surface area (Å²) in [6, 6.07) is 18.4. The van der Waals surface area contributed by atoms with Gasteiger partial charge in [0.25, 0.3) is 0 Å². The van der Waals surface area contributed by atoms with Crippen molar-refractivity contribution < 1.29 is 13.2 Å². The number of benzene rings is 2. The standard InChI is InChI=1S/C25H22F3N5/c26-25(27,28)20-8-4-7-19(14-20)22-16-32-24(33-23(22)18-9-11-30-12-10-18)31-15-21(29)13-17-5-2-1-3-6-17/h1-12,14,16,21H,13,15,29H2,(H,31,32,33). The summed E-state index contributed by atoms with van der Waals surface area (Å²) in [5.41, 5.74) is 8.75. The first kappa shape index (κ1) is 22.4. The van der Waals surface area contributed by atoms with Crippen molar-refractivity contribution >= 4 is 5.95 Å². The van der Waals surface area contributed by atoms with Crippen LogP contribution in [0.25, 0.3) is 22.4 Å². The van der Waals surface area contributed by atoms with Gasteiger partial charge in [0.2, 0.25) is 5.95 Å². The predicted molar refractivity (Wildman–Crippen MR) is 122 cm³/mol. The van der Waals surface area contributed by atoms with Crippen molar-refractivity contribution in [1.29, 1.82) is 0 Å². The molecule has 0 fully saturated rings. The van der Waals surface area contributed by atoms with Crippen molar-refractivity contribution in [2.75, 3.05) is 11.9 Å². The van der Waals surface area contributed by atoms with Gasteiger partial charge in [-0.2, -0.15) is 13.2 Å². The molecule has 0 aliphatic heterocycles. The Morgan fingerprint density at radius 2 is 1.67 bits per heavy atom. The van der Waals surface area contributed by atoms with Crippen LogP contribution in [0.15, 0.2) is 85.3 Å². The van der Waals surface area contributed by atoms with Crippen molar-refractivity contribution in [1.82, 2.24) is 15.0 Å². The summed E-state index contributed by atoms with van der Waals surface area (Å²) in [5.74, 6) is 0.348. The molecule has 1 unspecified atom stereocenters. The molecule has 1 atom stereocenters. The highest BCUT2D eigenvalue weighted by Crippen LogP contribution is 2.35. The van der Waals surface area contributed by atoms with E-state index in [0.717, 1.165) is 23.3 Å². The molecule has 2 aromatic heterocycles. The number of rotatable bonds is 7. The fourth-order valence-electron chi connectivity index (χ4n) is 3.48. The Morgan fingerprint density at radius 1 is 0.909 bits per heavy atom. The van der Waals surface area contributed by atoms with Crippen LogP contribution in [0.1, 0.15) is 11.1 Å². The fourth-order valence-corrected chi connectivity index (χ4v) is 3.48. The highest BCUT2D eigenvalue weighted by Gasteiger charge is 2.30. The van der Waals surface area contributed by atoms with Crippen molar-refractivity contribution in [3.63, 3.8) is 0 Å². The minimum atomic E-state index is -4.44. The molecule has 2 heterocycles. The van der Waals surface area contributed by atoms with Crippen molar-refractivity contribution in [2.24, 2.45) is 5.73 Å². The molecule has 8 heteroatoms. The van der Waals surface area contributed by atoms with Gasteiger partial charge >= 0.3 is 6.18 Å². The van der Waals surface area contributed by atoms with Crippen LogP contribution >= 0.6 is 0 Å². The second-order valence-electron chi connectivity index (χ2n) is 7.60. The lowest BCUT2D eigenvalue weighted by Gasteiger charge is -2.15. The topological polar surface area (TPSA) is 76.7 Å². The number of aromatic nitrogens is 3. The summed E-state index contributed by atoms with van der Waals surface area (Å²) in [6.45, 7) is 0.438. The van der Waals surface area contributed by atoms with Gasteiger partial charge in [-0.05, 0) is 41.8 Å². The molecule has 3 N–H and O–H groups in total. The van der Waals surface area contributed by atoms with E-state index in [-0.39, 0.29) is 6.04 Å². The second-order valence-corrected chi connectivity index (χ2v) is 7.60. The van der Waals surface area contributed by atoms with E-state index < -0.39 is 11.7 Å². The lowest BCUT2D eigenvalue weighted by molar-refractivity contribution is -0.137. The quantitative estimate of drug-likeness (QED) is 0.405. The zero-order valence-electron chi connectivity index (χ0n) is 17.6. The summed E-state index contributed by atoms with van der Waals surface area (Å²) < 4.78 is 39.7. The van der Waals surface area contributed by atoms with Gasteiger partial charge in [-0.25, -0.2) is 9.97 Å². The minimum absolute atomic E-state index is 0.163. The number of nitrogens with one attached hydrogen (secondary N) is 1. The van der Waals surface area contributed by atoms with Gasteiger partial charge in [0, 0.05) is 42.3 Å². The lowest BCUT2D eigenvalue weighted by atomic mass is 9.99. The van der Waals surface area contributed by atoms with E-state index >= 15 is 0 Å². The molecule has 0 saturated heterocycles. The Balaban J connectivity index is 1.61. The van der Waals surface area contributed by atoms with Gasteiger partial charge < -0.3 is 11.1 Å². The molecule has 5 nitrogen and oxygen atoms in total. The number of nitrogens with zero attached hydrogens (tertiary/aromatic N) is 3. The van der Waals surface area contributed by atoms with Crippen LogP contribution < -0.4 is 11.1 Å². The molecule has 0 bridgehead atoms. The van der Waals surface area contributed by atoms with Crippen LogP contribution in [0.3, 0.4) is 0 Å². The first-order valence-corrected chi connectivity index (χ1v) is 10.4. The highest BCUT2D eigenvalue weighted by molar-refractivity contribution is 5.81. The first-order chi connectivity index (χ1) is 15.9. The van der Waals surface area contributed by atoms with E-state index in [1.165, 1.54) is 12.3 Å². The highest BCUT2D eigenvalue weighted by atomic mass is 19.4. The zero-order valence-corrected chi connectivity index (χ0v) is 17.6. The van der Waals surface area contributed by atoms with Crippen LogP contribution in [0.2, 0.25) is 0 Å². The summed E-state index contributed by atoms with van der Waals surface area (Å²) >= 11 is 0. The third-order valence-corrected chi connectivity index (χ3v) is 5.11. The smallest absolute Gasteiger partial charge is 0.353 e. The number of anilines is 1. The first-order valence-electron chi connectivity index (χ1n) is 10.4. The summed E-state index contributed by atoms with van der Waals surface area (Å²) in [6.07, 6.45) is 0.993. The summed E-state index contributed by atoms with van der Waals surface area (Å²) in [5, 5.41) is 3.15. The number of pyridine rings is 1. The molecule has 0 aliphatic rings. The molecule has 0 radical (unpaired) electrons. The van der Waals surface area contributed by atoms with E-state index in [2.05, 4.69) is 20.3 Å². The van der Waals surface area contributed by atoms with Crippen molar-refractivity contribution in [2.45, 2.75) is 18.6 Å². The Morgan fingerprint density at radius 3 is 2.39 bits per heavy atom. The molecular formula is C25H22F3N5. The number of halogens is 3. The molecule has 0 amide bonds. The molecule has 4 rings (SSSR count). The Bertz CT molecular complexity index is 1200. The molecule has 0 aliphatic carbocycles. The number of nitrogens with two attached hydrogens (primary N) is 1. The fraction of sp³-hybridized carbons (Fsp3) is 0.160. The molecule has 0 spiro atoms. The van der Waals surface area contributed by atoms with Gasteiger partial charge in [0.05, 0.1) is 11.3 Å². The predicted octanol–water partition coefficient (Wildman–Crippen LogP) is 5.21. The SMILES string of the molecule is NC(CNc1ncc(-c2cccc(C(F)(F)F)c2)c(-c2ccncc2)n1)Cc1ccccc1. The summed E-state index contributed by atoms with van der Waals surface area (Å²) in [7, 11) is 0. The molecule has 168 valence electrons. The van der Waals surface area contributed by atoms with Gasteiger partial charge in [-0.3, -0.25) is 4.98 Å². The molecular weight excluding hydrogens is 427 g/mol. The van der Waals surface area contributed by atoms with Crippen LogP contribution in [-0.4, -0.2) is 27.5 Å². The number of alkyl halides is 3. The maximum absolute atomic E-state index is 13.2. The molecule has 2 aromatic carbocycles.